The number of fused-ring (bicyclic) bond motifs is 1. The number of hydrogen-bond acceptors (Lipinski definition) is 4. The largest absolute Gasteiger partial charge is 0.455 e. The van der Waals surface area contributed by atoms with Crippen molar-refractivity contribution in [1.29, 1.82) is 0 Å². The van der Waals surface area contributed by atoms with Crippen molar-refractivity contribution in [2.75, 3.05) is 0 Å². The first-order valence-electron chi connectivity index (χ1n) is 7.60. The van der Waals surface area contributed by atoms with Gasteiger partial charge in [-0.25, -0.2) is 0 Å². The van der Waals surface area contributed by atoms with Crippen molar-refractivity contribution in [2.45, 2.75) is 6.54 Å². The second-order valence-electron chi connectivity index (χ2n) is 5.51. The molecule has 3 aromatic rings. The summed E-state index contributed by atoms with van der Waals surface area (Å²) in [6.45, 7) is 0.230. The van der Waals surface area contributed by atoms with Crippen molar-refractivity contribution in [3.05, 3.63) is 80.5 Å². The van der Waals surface area contributed by atoms with Crippen LogP contribution in [0.5, 0.6) is 11.5 Å². The molecular weight excluding hydrogens is 402 g/mol. The highest BCUT2D eigenvalue weighted by Crippen LogP contribution is 2.38. The van der Waals surface area contributed by atoms with Gasteiger partial charge in [0.2, 0.25) is 0 Å². The van der Waals surface area contributed by atoms with Gasteiger partial charge in [0.05, 0.1) is 17.7 Å². The number of rotatable bonds is 4. The molecule has 1 aliphatic rings. The predicted molar refractivity (Wildman–Crippen MR) is 99.2 cm³/mol. The minimum Gasteiger partial charge on any atom is -0.455 e. The van der Waals surface area contributed by atoms with E-state index in [-0.39, 0.29) is 18.4 Å². The molecule has 0 atom stereocenters. The van der Waals surface area contributed by atoms with E-state index in [0.717, 1.165) is 14.4 Å². The number of thiophene rings is 1. The summed E-state index contributed by atoms with van der Waals surface area (Å²) < 4.78 is 6.67. The Balaban J connectivity index is 1.56. The second-order valence-corrected chi connectivity index (χ2v) is 7.96. The standard InChI is InChI=1S/C19H12BrNO3S/c20-17-16(24-12-6-2-1-3-7-12)10-13(25-17)11-21-18(22)14-8-4-5-9-15(14)19(21)23/h1-10H,11H2. The van der Waals surface area contributed by atoms with Crippen LogP contribution in [0.3, 0.4) is 0 Å². The number of imide groups is 1. The zero-order valence-electron chi connectivity index (χ0n) is 12.9. The highest BCUT2D eigenvalue weighted by atomic mass is 79.9. The van der Waals surface area contributed by atoms with Crippen LogP contribution in [0.15, 0.2) is 64.5 Å². The molecule has 0 bridgehead atoms. The first-order valence-corrected chi connectivity index (χ1v) is 9.21. The summed E-state index contributed by atoms with van der Waals surface area (Å²) in [6, 6.07) is 18.2. The summed E-state index contributed by atoms with van der Waals surface area (Å²) in [5, 5.41) is 0. The van der Waals surface area contributed by atoms with E-state index < -0.39 is 0 Å². The number of amides is 2. The highest BCUT2D eigenvalue weighted by Gasteiger charge is 2.35. The van der Waals surface area contributed by atoms with Gasteiger partial charge < -0.3 is 4.74 Å². The van der Waals surface area contributed by atoms with E-state index in [1.165, 1.54) is 16.2 Å². The summed E-state index contributed by atoms with van der Waals surface area (Å²) in [6.07, 6.45) is 0. The van der Waals surface area contributed by atoms with E-state index in [1.807, 2.05) is 36.4 Å². The number of ether oxygens (including phenoxy) is 1. The number of hydrogen-bond donors (Lipinski definition) is 0. The SMILES string of the molecule is O=C1c2ccccc2C(=O)N1Cc1cc(Oc2ccccc2)c(Br)s1. The molecule has 4 rings (SSSR count). The molecular formula is C19H12BrNO3S. The molecule has 2 aromatic carbocycles. The zero-order valence-corrected chi connectivity index (χ0v) is 15.3. The van der Waals surface area contributed by atoms with Gasteiger partial charge in [-0.3, -0.25) is 14.5 Å². The van der Waals surface area contributed by atoms with Crippen LogP contribution in [0, 0.1) is 0 Å². The normalized spacial score (nSPS) is 13.2. The summed E-state index contributed by atoms with van der Waals surface area (Å²) in [5.74, 6) is 0.891. The summed E-state index contributed by atoms with van der Waals surface area (Å²) in [4.78, 5) is 27.1. The predicted octanol–water partition coefficient (Wildman–Crippen LogP) is 5.10. The summed E-state index contributed by atoms with van der Waals surface area (Å²) >= 11 is 4.94. The average Bonchev–Trinajstić information content (AvgIpc) is 3.09. The fourth-order valence-electron chi connectivity index (χ4n) is 2.70. The van der Waals surface area contributed by atoms with E-state index >= 15 is 0 Å². The number of halogens is 1. The molecule has 0 fully saturated rings. The van der Waals surface area contributed by atoms with Crippen LogP contribution in [0.1, 0.15) is 25.6 Å². The van der Waals surface area contributed by atoms with E-state index in [4.69, 9.17) is 4.74 Å². The third-order valence-electron chi connectivity index (χ3n) is 3.87. The maximum absolute atomic E-state index is 12.5. The molecule has 4 nitrogen and oxygen atoms in total. The van der Waals surface area contributed by atoms with Gasteiger partial charge >= 0.3 is 0 Å². The highest BCUT2D eigenvalue weighted by molar-refractivity contribution is 9.11. The number of para-hydroxylation sites is 1. The third-order valence-corrected chi connectivity index (χ3v) is 5.64. The molecule has 0 unspecified atom stereocenters. The topological polar surface area (TPSA) is 46.6 Å². The number of benzene rings is 2. The van der Waals surface area contributed by atoms with Gasteiger partial charge in [-0.2, -0.15) is 0 Å². The quantitative estimate of drug-likeness (QED) is 0.558. The minimum atomic E-state index is -0.254. The van der Waals surface area contributed by atoms with Crippen molar-refractivity contribution < 1.29 is 14.3 Å². The molecule has 0 N–H and O–H groups in total. The van der Waals surface area contributed by atoms with Crippen LogP contribution in [-0.2, 0) is 6.54 Å². The van der Waals surface area contributed by atoms with Crippen LogP contribution < -0.4 is 4.74 Å². The van der Waals surface area contributed by atoms with Crippen molar-refractivity contribution in [3.8, 4) is 11.5 Å². The Labute approximate surface area is 156 Å². The van der Waals surface area contributed by atoms with E-state index in [2.05, 4.69) is 15.9 Å². The number of carbonyl (C=O) groups excluding carboxylic acids is 2. The lowest BCUT2D eigenvalue weighted by molar-refractivity contribution is 0.0644. The van der Waals surface area contributed by atoms with Crippen LogP contribution in [-0.4, -0.2) is 16.7 Å². The molecule has 0 spiro atoms. The van der Waals surface area contributed by atoms with Crippen LogP contribution in [0.25, 0.3) is 0 Å². The van der Waals surface area contributed by atoms with Crippen molar-refractivity contribution in [1.82, 2.24) is 4.90 Å². The lowest BCUT2D eigenvalue weighted by atomic mass is 10.1. The fraction of sp³-hybridized carbons (Fsp3) is 0.0526. The summed E-state index contributed by atoms with van der Waals surface area (Å²) in [5.41, 5.74) is 0.924. The maximum atomic E-state index is 12.5. The van der Waals surface area contributed by atoms with Gasteiger partial charge in [0.1, 0.15) is 9.54 Å². The Morgan fingerprint density at radius 3 is 2.16 bits per heavy atom. The monoisotopic (exact) mass is 413 g/mol. The maximum Gasteiger partial charge on any atom is 0.261 e. The van der Waals surface area contributed by atoms with Crippen LogP contribution in [0.4, 0.5) is 0 Å². The lowest BCUT2D eigenvalue weighted by Crippen LogP contribution is -2.28. The van der Waals surface area contributed by atoms with Crippen LogP contribution >= 0.6 is 27.3 Å². The first kappa shape index (κ1) is 16.1. The van der Waals surface area contributed by atoms with Gasteiger partial charge in [0.15, 0.2) is 5.75 Å². The lowest BCUT2D eigenvalue weighted by Gasteiger charge is -2.11. The molecule has 0 saturated carbocycles. The van der Waals surface area contributed by atoms with Gasteiger partial charge in [-0.1, -0.05) is 30.3 Å². The Morgan fingerprint density at radius 1 is 0.920 bits per heavy atom. The molecule has 2 amide bonds. The number of carbonyl (C=O) groups is 2. The smallest absolute Gasteiger partial charge is 0.261 e. The van der Waals surface area contributed by atoms with E-state index in [0.29, 0.717) is 16.9 Å². The average molecular weight is 414 g/mol. The molecule has 2 heterocycles. The number of nitrogens with zero attached hydrogens (tertiary/aromatic N) is 1. The Hall–Kier alpha value is -2.44. The molecule has 25 heavy (non-hydrogen) atoms. The molecule has 6 heteroatoms. The Morgan fingerprint density at radius 2 is 1.52 bits per heavy atom. The molecule has 1 aromatic heterocycles. The molecule has 0 aliphatic carbocycles. The van der Waals surface area contributed by atoms with Gasteiger partial charge in [-0.15, -0.1) is 11.3 Å². The van der Waals surface area contributed by atoms with Crippen molar-refractivity contribution >= 4 is 39.1 Å². The zero-order chi connectivity index (χ0) is 17.4. The molecule has 1 aliphatic heterocycles. The van der Waals surface area contributed by atoms with Crippen LogP contribution in [0.2, 0.25) is 0 Å². The second kappa shape index (κ2) is 6.46. The first-order chi connectivity index (χ1) is 12.1. The minimum absolute atomic E-state index is 0.230. The van der Waals surface area contributed by atoms with E-state index in [9.17, 15) is 9.59 Å². The molecule has 0 saturated heterocycles. The van der Waals surface area contributed by atoms with Crippen molar-refractivity contribution in [3.63, 3.8) is 0 Å². The van der Waals surface area contributed by atoms with Crippen molar-refractivity contribution in [2.24, 2.45) is 0 Å². The fourth-order valence-corrected chi connectivity index (χ4v) is 4.31. The van der Waals surface area contributed by atoms with E-state index in [1.54, 1.807) is 24.3 Å². The third kappa shape index (κ3) is 2.99. The Kier molecular flexibility index (Phi) is 4.15. The Bertz CT molecular complexity index is 933. The van der Waals surface area contributed by atoms with Gasteiger partial charge in [-0.05, 0) is 46.3 Å². The summed E-state index contributed by atoms with van der Waals surface area (Å²) in [7, 11) is 0. The van der Waals surface area contributed by atoms with Gasteiger partial charge in [0.25, 0.3) is 11.8 Å². The van der Waals surface area contributed by atoms with Gasteiger partial charge in [0, 0.05) is 4.88 Å². The molecule has 124 valence electrons. The molecule has 0 radical (unpaired) electrons.